The number of allylic oxidation sites excluding steroid dienone is 2. The van der Waals surface area contributed by atoms with E-state index in [1.54, 1.807) is 12.3 Å². The molecule has 0 amide bonds. The van der Waals surface area contributed by atoms with Crippen LogP contribution in [0.3, 0.4) is 0 Å². The van der Waals surface area contributed by atoms with Gasteiger partial charge in [-0.25, -0.2) is 0 Å². The zero-order valence-electron chi connectivity index (χ0n) is 13.4. The third-order valence-electron chi connectivity index (χ3n) is 3.84. The van der Waals surface area contributed by atoms with Gasteiger partial charge in [0.25, 0.3) is 21.7 Å². The van der Waals surface area contributed by atoms with E-state index in [0.717, 1.165) is 28.6 Å². The summed E-state index contributed by atoms with van der Waals surface area (Å²) in [7, 11) is 0. The number of nitrogens with zero attached hydrogens (tertiary/aromatic N) is 1. The smallest absolute Gasteiger partial charge is 0.281 e. The van der Waals surface area contributed by atoms with Crippen LogP contribution in [0.1, 0.15) is 16.8 Å². The first-order chi connectivity index (χ1) is 12.3. The van der Waals surface area contributed by atoms with Crippen LogP contribution >= 0.6 is 11.8 Å². The molecular weight excluding hydrogens is 358 g/mol. The molecule has 0 radical (unpaired) electrons. The molecule has 3 rings (SSSR count). The van der Waals surface area contributed by atoms with E-state index >= 15 is 0 Å². The van der Waals surface area contributed by atoms with Crippen LogP contribution in [0.5, 0.6) is 5.75 Å². The van der Waals surface area contributed by atoms with Crippen LogP contribution in [0.2, 0.25) is 0 Å². The topological polar surface area (TPSA) is 118 Å². The minimum Gasteiger partial charge on any atom is -0.503 e. The van der Waals surface area contributed by atoms with E-state index in [1.807, 2.05) is 19.1 Å². The summed E-state index contributed by atoms with van der Waals surface area (Å²) in [6, 6.07) is 3.69. The third-order valence-corrected chi connectivity index (χ3v) is 4.94. The summed E-state index contributed by atoms with van der Waals surface area (Å²) >= 11 is 1.11. The van der Waals surface area contributed by atoms with Crippen LogP contribution in [-0.4, -0.2) is 15.8 Å². The van der Waals surface area contributed by atoms with E-state index < -0.39 is 38.5 Å². The first-order valence-corrected chi connectivity index (χ1v) is 8.42. The molecule has 0 bridgehead atoms. The van der Waals surface area contributed by atoms with Gasteiger partial charge in [0.05, 0.1) is 5.56 Å². The highest BCUT2D eigenvalue weighted by molar-refractivity contribution is 8.08. The average Bonchev–Trinajstić information content (AvgIpc) is 2.70. The minimum absolute atomic E-state index is 0.145. The van der Waals surface area contributed by atoms with Crippen LogP contribution in [0.15, 0.2) is 54.5 Å². The molecule has 130 valence electrons. The molecule has 8 heteroatoms. The quantitative estimate of drug-likeness (QED) is 0.732. The van der Waals surface area contributed by atoms with Crippen molar-refractivity contribution in [3.8, 4) is 5.75 Å². The molecule has 0 saturated heterocycles. The lowest BCUT2D eigenvalue weighted by Gasteiger charge is -2.14. The van der Waals surface area contributed by atoms with E-state index in [2.05, 4.69) is 4.98 Å². The number of pyridine rings is 1. The largest absolute Gasteiger partial charge is 0.503 e. The van der Waals surface area contributed by atoms with Gasteiger partial charge in [0.2, 0.25) is 5.43 Å². The molecular formula is C18H11NO6S. The molecule has 0 spiro atoms. The molecule has 1 aliphatic rings. The summed E-state index contributed by atoms with van der Waals surface area (Å²) in [6.45, 7) is 1.85. The van der Waals surface area contributed by atoms with Crippen LogP contribution in [0.25, 0.3) is 10.5 Å². The van der Waals surface area contributed by atoms with E-state index in [9.17, 15) is 29.1 Å². The summed E-state index contributed by atoms with van der Waals surface area (Å²) < 4.78 is 0. The number of thioether (sulfide) groups is 1. The normalized spacial score (nSPS) is 13.9. The fourth-order valence-electron chi connectivity index (χ4n) is 2.49. The molecule has 0 saturated carbocycles. The number of aromatic hydroxyl groups is 1. The fourth-order valence-corrected chi connectivity index (χ4v) is 3.56. The van der Waals surface area contributed by atoms with Crippen molar-refractivity contribution in [1.29, 1.82) is 0 Å². The van der Waals surface area contributed by atoms with Gasteiger partial charge < -0.3 is 5.11 Å². The zero-order valence-corrected chi connectivity index (χ0v) is 14.3. The summed E-state index contributed by atoms with van der Waals surface area (Å²) in [5, 5.41) is 9.97. The Balaban J connectivity index is 2.22. The molecule has 7 nitrogen and oxygen atoms in total. The zero-order chi connectivity index (χ0) is 19.0. The van der Waals surface area contributed by atoms with Gasteiger partial charge >= 0.3 is 0 Å². The first kappa shape index (κ1) is 17.7. The Labute approximate surface area is 149 Å². The molecule has 1 aliphatic heterocycles. The third kappa shape index (κ3) is 2.95. The Morgan fingerprint density at radius 2 is 1.62 bits per heavy atom. The molecule has 2 aromatic rings. The molecule has 1 N–H and O–H groups in total. The second kappa shape index (κ2) is 6.64. The van der Waals surface area contributed by atoms with Crippen LogP contribution in [0.4, 0.5) is 0 Å². The number of hydrogen-bond acceptors (Lipinski definition) is 8. The van der Waals surface area contributed by atoms with Crippen molar-refractivity contribution < 1.29 is 5.11 Å². The van der Waals surface area contributed by atoms with Crippen molar-refractivity contribution in [3.05, 3.63) is 98.4 Å². The minimum atomic E-state index is -1.73. The molecule has 0 atom stereocenters. The van der Waals surface area contributed by atoms with Gasteiger partial charge in [-0.3, -0.25) is 29.0 Å². The van der Waals surface area contributed by atoms with Crippen molar-refractivity contribution in [2.24, 2.45) is 0 Å². The van der Waals surface area contributed by atoms with Gasteiger partial charge in [-0.1, -0.05) is 6.08 Å². The van der Waals surface area contributed by atoms with Gasteiger partial charge in [0, 0.05) is 22.5 Å². The first-order valence-electron chi connectivity index (χ1n) is 7.43. The highest BCUT2D eigenvalue weighted by Gasteiger charge is 2.22. The van der Waals surface area contributed by atoms with Crippen molar-refractivity contribution in [3.63, 3.8) is 0 Å². The predicted molar refractivity (Wildman–Crippen MR) is 99.2 cm³/mol. The van der Waals surface area contributed by atoms with Crippen molar-refractivity contribution in [2.75, 3.05) is 5.75 Å². The van der Waals surface area contributed by atoms with Crippen molar-refractivity contribution in [1.82, 2.24) is 4.98 Å². The van der Waals surface area contributed by atoms with Crippen LogP contribution in [0, 0.1) is 6.92 Å². The average molecular weight is 369 g/mol. The number of hydrogen-bond donors (Lipinski definition) is 1. The maximum atomic E-state index is 12.2. The van der Waals surface area contributed by atoms with E-state index in [4.69, 9.17) is 0 Å². The summed E-state index contributed by atoms with van der Waals surface area (Å²) in [6.07, 6.45) is 4.80. The van der Waals surface area contributed by atoms with Gasteiger partial charge in [0.15, 0.2) is 5.75 Å². The number of aromatic nitrogens is 1. The molecule has 26 heavy (non-hydrogen) atoms. The molecule has 0 aliphatic carbocycles. The molecule has 0 fully saturated rings. The second-order valence-corrected chi connectivity index (χ2v) is 6.58. The van der Waals surface area contributed by atoms with Crippen molar-refractivity contribution in [2.45, 2.75) is 6.92 Å². The Bertz CT molecular complexity index is 1250. The molecule has 2 heterocycles. The summed E-state index contributed by atoms with van der Waals surface area (Å²) in [4.78, 5) is 62.9. The molecule has 0 unspecified atom stereocenters. The van der Waals surface area contributed by atoms with Gasteiger partial charge in [-0.05, 0) is 36.3 Å². The van der Waals surface area contributed by atoms with Gasteiger partial charge in [-0.15, -0.1) is 11.8 Å². The van der Waals surface area contributed by atoms with Crippen LogP contribution < -0.4 is 27.1 Å². The number of aryl methyl sites for hydroxylation is 1. The highest BCUT2D eigenvalue weighted by atomic mass is 32.2. The van der Waals surface area contributed by atoms with E-state index in [-0.39, 0.29) is 4.91 Å². The lowest BCUT2D eigenvalue weighted by molar-refractivity contribution is 0.468. The summed E-state index contributed by atoms with van der Waals surface area (Å²) in [5.41, 5.74) is -5.91. The summed E-state index contributed by atoms with van der Waals surface area (Å²) in [5.74, 6) is -0.779. The fraction of sp³-hybridized carbons (Fsp3) is 0.111. The monoisotopic (exact) mass is 369 g/mol. The van der Waals surface area contributed by atoms with Crippen LogP contribution in [-0.2, 0) is 0 Å². The van der Waals surface area contributed by atoms with Crippen molar-refractivity contribution >= 4 is 22.2 Å². The Kier molecular flexibility index (Phi) is 4.52. The van der Waals surface area contributed by atoms with E-state index in [0.29, 0.717) is 5.75 Å². The Morgan fingerprint density at radius 3 is 2.23 bits per heavy atom. The van der Waals surface area contributed by atoms with E-state index in [1.165, 1.54) is 6.08 Å². The standard InChI is InChI=1S/C18H11NO6S/c1-8-6-9(4-5-19-8)10-2-3-11(26-7-10)12-13(20)15(22)17(24)18(25)16(23)14(12)21/h2-6,20H,7H2,1H3. The number of rotatable bonds is 2. The SMILES string of the molecule is Cc1cc(C2=CC=C(c3c(O)c(=O)c(=O)c(=O)c(=O)c3=O)SC2)ccn1. The molecule has 1 aromatic carbocycles. The van der Waals surface area contributed by atoms with Gasteiger partial charge in [0.1, 0.15) is 0 Å². The Hall–Kier alpha value is -3.13. The molecule has 1 aromatic heterocycles. The maximum Gasteiger partial charge on any atom is 0.281 e. The van der Waals surface area contributed by atoms with Gasteiger partial charge in [-0.2, -0.15) is 0 Å². The maximum absolute atomic E-state index is 12.2. The predicted octanol–water partition coefficient (Wildman–Crippen LogP) is -0.0565. The lowest BCUT2D eigenvalue weighted by atomic mass is 10.1. The lowest BCUT2D eigenvalue weighted by Crippen LogP contribution is -2.46. The highest BCUT2D eigenvalue weighted by Crippen LogP contribution is 2.36. The Morgan fingerprint density at radius 1 is 0.962 bits per heavy atom. The second-order valence-electron chi connectivity index (χ2n) is 5.57.